The summed E-state index contributed by atoms with van der Waals surface area (Å²) in [6, 6.07) is 7.94. The van der Waals surface area contributed by atoms with Crippen molar-refractivity contribution in [3.05, 3.63) is 41.5 Å². The van der Waals surface area contributed by atoms with Crippen LogP contribution in [0.3, 0.4) is 0 Å². The van der Waals surface area contributed by atoms with Crippen LogP contribution in [0.25, 0.3) is 5.69 Å². The summed E-state index contributed by atoms with van der Waals surface area (Å²) in [7, 11) is 0. The maximum absolute atomic E-state index is 11.0. The smallest absolute Gasteiger partial charge is 0.311 e. The average molecular weight is 273 g/mol. The fourth-order valence-corrected chi connectivity index (χ4v) is 1.94. The lowest BCUT2D eigenvalue weighted by Gasteiger charge is -2.05. The molecule has 2 rings (SSSR count). The maximum Gasteiger partial charge on any atom is 0.311 e. The molecule has 0 aliphatic carbocycles. The largest absolute Gasteiger partial charge is 0.481 e. The molecule has 0 amide bonds. The van der Waals surface area contributed by atoms with Crippen molar-refractivity contribution in [2.45, 2.75) is 39.5 Å². The van der Waals surface area contributed by atoms with Crippen LogP contribution >= 0.6 is 0 Å². The summed E-state index contributed by atoms with van der Waals surface area (Å²) < 4.78 is 1.63. The summed E-state index contributed by atoms with van der Waals surface area (Å²) in [5.74, 6) is 0.393. The summed E-state index contributed by atoms with van der Waals surface area (Å²) in [4.78, 5) is 15.3. The van der Waals surface area contributed by atoms with Crippen molar-refractivity contribution in [2.24, 2.45) is 0 Å². The topological polar surface area (TPSA) is 68.0 Å². The van der Waals surface area contributed by atoms with Gasteiger partial charge in [0, 0.05) is 5.92 Å². The predicted octanol–water partition coefficient (Wildman–Crippen LogP) is 2.58. The standard InChI is InChI=1S/C15H19N3O2/c1-4-11-5-7-12(8-6-11)18-13(9-14(19)20)16-15(17-18)10(2)3/h5-8,10H,4,9H2,1-3H3,(H,19,20). The molecule has 106 valence electrons. The molecule has 0 bridgehead atoms. The molecular formula is C15H19N3O2. The maximum atomic E-state index is 11.0. The minimum Gasteiger partial charge on any atom is -0.481 e. The first kappa shape index (κ1) is 14.2. The molecule has 20 heavy (non-hydrogen) atoms. The number of carbonyl (C=O) groups is 1. The highest BCUT2D eigenvalue weighted by Crippen LogP contribution is 2.16. The zero-order valence-corrected chi connectivity index (χ0v) is 12.0. The van der Waals surface area contributed by atoms with Crippen molar-refractivity contribution in [2.75, 3.05) is 0 Å². The molecule has 5 nitrogen and oxygen atoms in total. The highest BCUT2D eigenvalue weighted by molar-refractivity contribution is 5.69. The minimum atomic E-state index is -0.904. The molecule has 1 heterocycles. The Kier molecular flexibility index (Phi) is 4.17. The van der Waals surface area contributed by atoms with Crippen LogP contribution in [0.15, 0.2) is 24.3 Å². The Morgan fingerprint density at radius 3 is 2.45 bits per heavy atom. The van der Waals surface area contributed by atoms with E-state index >= 15 is 0 Å². The van der Waals surface area contributed by atoms with Gasteiger partial charge in [-0.3, -0.25) is 4.79 Å². The van der Waals surface area contributed by atoms with Crippen LogP contribution in [0, 0.1) is 0 Å². The van der Waals surface area contributed by atoms with Crippen LogP contribution in [0.4, 0.5) is 0 Å². The number of aromatic nitrogens is 3. The van der Waals surface area contributed by atoms with E-state index in [9.17, 15) is 4.79 Å². The Labute approximate surface area is 118 Å². The number of hydrogen-bond acceptors (Lipinski definition) is 3. The van der Waals surface area contributed by atoms with E-state index in [1.165, 1.54) is 5.56 Å². The number of aliphatic carboxylic acids is 1. The summed E-state index contributed by atoms with van der Waals surface area (Å²) in [6.07, 6.45) is 0.839. The fourth-order valence-electron chi connectivity index (χ4n) is 1.94. The second-order valence-corrected chi connectivity index (χ2v) is 5.04. The van der Waals surface area contributed by atoms with Crippen LogP contribution in [0.2, 0.25) is 0 Å². The fraction of sp³-hybridized carbons (Fsp3) is 0.400. The Bertz CT molecular complexity index is 600. The van der Waals surface area contributed by atoms with Crippen LogP contribution < -0.4 is 0 Å². The third-order valence-corrected chi connectivity index (χ3v) is 3.11. The minimum absolute atomic E-state index is 0.130. The van der Waals surface area contributed by atoms with Gasteiger partial charge in [0.1, 0.15) is 12.2 Å². The van der Waals surface area contributed by atoms with Gasteiger partial charge in [0.15, 0.2) is 5.82 Å². The van der Waals surface area contributed by atoms with Crippen molar-refractivity contribution in [3.63, 3.8) is 0 Å². The molecule has 5 heteroatoms. The molecule has 0 aliphatic heterocycles. The van der Waals surface area contributed by atoms with Crippen LogP contribution in [0.1, 0.15) is 43.9 Å². The van der Waals surface area contributed by atoms with Crippen molar-refractivity contribution < 1.29 is 9.90 Å². The van der Waals surface area contributed by atoms with E-state index in [1.54, 1.807) is 4.68 Å². The van der Waals surface area contributed by atoms with Crippen LogP contribution in [-0.2, 0) is 17.6 Å². The quantitative estimate of drug-likeness (QED) is 0.909. The summed E-state index contributed by atoms with van der Waals surface area (Å²) in [5, 5.41) is 13.4. The van der Waals surface area contributed by atoms with Gasteiger partial charge in [0.25, 0.3) is 0 Å². The Morgan fingerprint density at radius 2 is 1.95 bits per heavy atom. The van der Waals surface area contributed by atoms with E-state index in [2.05, 4.69) is 17.0 Å². The molecule has 1 N–H and O–H groups in total. The molecule has 0 unspecified atom stereocenters. The highest BCUT2D eigenvalue weighted by atomic mass is 16.4. The summed E-state index contributed by atoms with van der Waals surface area (Å²) >= 11 is 0. The monoisotopic (exact) mass is 273 g/mol. The second-order valence-electron chi connectivity index (χ2n) is 5.04. The molecule has 2 aromatic rings. The van der Waals surface area contributed by atoms with Gasteiger partial charge < -0.3 is 5.11 Å². The molecule has 0 spiro atoms. The first-order valence-corrected chi connectivity index (χ1v) is 6.78. The van der Waals surface area contributed by atoms with E-state index in [1.807, 2.05) is 38.1 Å². The lowest BCUT2D eigenvalue weighted by atomic mass is 10.1. The van der Waals surface area contributed by atoms with Gasteiger partial charge in [0.2, 0.25) is 0 Å². The molecular weight excluding hydrogens is 254 g/mol. The van der Waals surface area contributed by atoms with Crippen molar-refractivity contribution in [3.8, 4) is 5.69 Å². The lowest BCUT2D eigenvalue weighted by Crippen LogP contribution is -2.09. The molecule has 0 saturated carbocycles. The number of carboxylic acid groups (broad SMARTS) is 1. The van der Waals surface area contributed by atoms with Gasteiger partial charge in [-0.15, -0.1) is 0 Å². The number of benzene rings is 1. The van der Waals surface area contributed by atoms with E-state index in [0.717, 1.165) is 12.1 Å². The normalized spacial score (nSPS) is 11.0. The molecule has 0 atom stereocenters. The SMILES string of the molecule is CCc1ccc(-n2nc(C(C)C)nc2CC(=O)O)cc1. The van der Waals surface area contributed by atoms with Gasteiger partial charge in [-0.1, -0.05) is 32.9 Å². The third-order valence-electron chi connectivity index (χ3n) is 3.11. The lowest BCUT2D eigenvalue weighted by molar-refractivity contribution is -0.136. The summed E-state index contributed by atoms with van der Waals surface area (Å²) in [6.45, 7) is 6.08. The van der Waals surface area contributed by atoms with Crippen molar-refractivity contribution >= 4 is 5.97 Å². The second kappa shape index (κ2) is 5.86. The van der Waals surface area contributed by atoms with Gasteiger partial charge in [-0.25, -0.2) is 9.67 Å². The average Bonchev–Trinajstić information content (AvgIpc) is 2.82. The zero-order valence-electron chi connectivity index (χ0n) is 12.0. The first-order chi connectivity index (χ1) is 9.51. The van der Waals surface area contributed by atoms with Crippen LogP contribution in [0.5, 0.6) is 0 Å². The van der Waals surface area contributed by atoms with E-state index in [4.69, 9.17) is 5.11 Å². The van der Waals surface area contributed by atoms with Gasteiger partial charge >= 0.3 is 5.97 Å². The predicted molar refractivity (Wildman–Crippen MR) is 76.2 cm³/mol. The van der Waals surface area contributed by atoms with E-state index < -0.39 is 5.97 Å². The Hall–Kier alpha value is -2.17. The molecule has 0 saturated heterocycles. The Morgan fingerprint density at radius 1 is 1.30 bits per heavy atom. The molecule has 0 aliphatic rings. The number of carboxylic acids is 1. The van der Waals surface area contributed by atoms with Crippen molar-refractivity contribution in [1.82, 2.24) is 14.8 Å². The number of aryl methyl sites for hydroxylation is 1. The van der Waals surface area contributed by atoms with Crippen LogP contribution in [-0.4, -0.2) is 25.8 Å². The van der Waals surface area contributed by atoms with Gasteiger partial charge in [-0.2, -0.15) is 5.10 Å². The third kappa shape index (κ3) is 3.04. The van der Waals surface area contributed by atoms with Crippen molar-refractivity contribution in [1.29, 1.82) is 0 Å². The summed E-state index contributed by atoms with van der Waals surface area (Å²) in [5.41, 5.74) is 2.08. The zero-order chi connectivity index (χ0) is 14.7. The van der Waals surface area contributed by atoms with E-state index in [0.29, 0.717) is 11.6 Å². The van der Waals surface area contributed by atoms with Gasteiger partial charge in [-0.05, 0) is 24.1 Å². The molecule has 0 fully saturated rings. The van der Waals surface area contributed by atoms with E-state index in [-0.39, 0.29) is 12.3 Å². The first-order valence-electron chi connectivity index (χ1n) is 6.78. The number of rotatable bonds is 5. The number of hydrogen-bond donors (Lipinski definition) is 1. The van der Waals surface area contributed by atoms with Gasteiger partial charge in [0.05, 0.1) is 5.69 Å². The molecule has 1 aromatic carbocycles. The highest BCUT2D eigenvalue weighted by Gasteiger charge is 2.16. The Balaban J connectivity index is 2.43. The molecule has 1 aromatic heterocycles. The molecule has 0 radical (unpaired) electrons. The number of nitrogens with zero attached hydrogens (tertiary/aromatic N) is 3.